The van der Waals surface area contributed by atoms with Gasteiger partial charge in [0.15, 0.2) is 0 Å². The first-order valence-electron chi connectivity index (χ1n) is 7.46. The van der Waals surface area contributed by atoms with Gasteiger partial charge in [-0.15, -0.1) is 0 Å². The van der Waals surface area contributed by atoms with Crippen molar-refractivity contribution in [1.82, 2.24) is 9.88 Å². The summed E-state index contributed by atoms with van der Waals surface area (Å²) in [6, 6.07) is 4.49. The highest BCUT2D eigenvalue weighted by atomic mass is 15.3. The highest BCUT2D eigenvalue weighted by molar-refractivity contribution is 5.99. The van der Waals surface area contributed by atoms with Crippen LogP contribution < -0.4 is 10.6 Å². The molecule has 20 heavy (non-hydrogen) atoms. The van der Waals surface area contributed by atoms with Crippen molar-refractivity contribution in [2.75, 3.05) is 31.1 Å². The Balaban J connectivity index is 1.85. The zero-order chi connectivity index (χ0) is 14.1. The highest BCUT2D eigenvalue weighted by Gasteiger charge is 2.30. The topological polar surface area (TPSA) is 69.2 Å². The lowest BCUT2D eigenvalue weighted by molar-refractivity contribution is 0.133. The van der Waals surface area contributed by atoms with Gasteiger partial charge in [0.2, 0.25) is 0 Å². The molecular formula is C15H23N5. The SMILES string of the molecule is Cc1ccc(C(=N)N)c(N2CCN3CCCCC3C2)n1. The van der Waals surface area contributed by atoms with E-state index in [1.807, 2.05) is 19.1 Å². The van der Waals surface area contributed by atoms with Crippen LogP contribution in [-0.2, 0) is 0 Å². The van der Waals surface area contributed by atoms with E-state index in [-0.39, 0.29) is 5.84 Å². The molecule has 1 aromatic heterocycles. The van der Waals surface area contributed by atoms with E-state index in [0.29, 0.717) is 6.04 Å². The third-order valence-corrected chi connectivity index (χ3v) is 4.44. The number of nitrogens with zero attached hydrogens (tertiary/aromatic N) is 3. The predicted octanol–water partition coefficient (Wildman–Crippen LogP) is 1.35. The monoisotopic (exact) mass is 273 g/mol. The fourth-order valence-corrected chi connectivity index (χ4v) is 3.34. The lowest BCUT2D eigenvalue weighted by Gasteiger charge is -2.44. The number of hydrogen-bond donors (Lipinski definition) is 2. The van der Waals surface area contributed by atoms with E-state index in [0.717, 1.165) is 36.7 Å². The summed E-state index contributed by atoms with van der Waals surface area (Å²) in [4.78, 5) is 9.56. The molecule has 1 aromatic rings. The third kappa shape index (κ3) is 2.50. The second-order valence-electron chi connectivity index (χ2n) is 5.87. The van der Waals surface area contributed by atoms with Gasteiger partial charge in [0.25, 0.3) is 0 Å². The Bertz CT molecular complexity index is 513. The van der Waals surface area contributed by atoms with Gasteiger partial charge >= 0.3 is 0 Å². The second kappa shape index (κ2) is 5.40. The number of nitrogens with two attached hydrogens (primary N) is 1. The van der Waals surface area contributed by atoms with E-state index in [2.05, 4.69) is 14.8 Å². The third-order valence-electron chi connectivity index (χ3n) is 4.44. The molecule has 108 valence electrons. The Kier molecular flexibility index (Phi) is 3.61. The molecule has 3 heterocycles. The molecule has 1 atom stereocenters. The van der Waals surface area contributed by atoms with Gasteiger partial charge in [-0.05, 0) is 38.4 Å². The van der Waals surface area contributed by atoms with Crippen LogP contribution in [0.5, 0.6) is 0 Å². The van der Waals surface area contributed by atoms with E-state index in [4.69, 9.17) is 11.1 Å². The van der Waals surface area contributed by atoms with E-state index < -0.39 is 0 Å². The molecular weight excluding hydrogens is 250 g/mol. The van der Waals surface area contributed by atoms with Crippen molar-refractivity contribution in [3.63, 3.8) is 0 Å². The normalized spacial score (nSPS) is 23.4. The van der Waals surface area contributed by atoms with Gasteiger partial charge in [0, 0.05) is 31.4 Å². The molecule has 0 spiro atoms. The molecule has 0 bridgehead atoms. The number of pyridine rings is 1. The first-order valence-corrected chi connectivity index (χ1v) is 7.46. The number of rotatable bonds is 2. The first kappa shape index (κ1) is 13.4. The van der Waals surface area contributed by atoms with Crippen LogP contribution in [-0.4, -0.2) is 47.9 Å². The number of amidine groups is 1. The lowest BCUT2D eigenvalue weighted by atomic mass is 9.99. The summed E-state index contributed by atoms with van der Waals surface area (Å²) in [5, 5.41) is 7.75. The Hall–Kier alpha value is -1.62. The van der Waals surface area contributed by atoms with E-state index in [1.165, 1.54) is 25.8 Å². The van der Waals surface area contributed by atoms with Crippen molar-refractivity contribution >= 4 is 11.7 Å². The number of piperazine rings is 1. The Morgan fingerprint density at radius 3 is 2.95 bits per heavy atom. The number of aryl methyl sites for hydroxylation is 1. The van der Waals surface area contributed by atoms with E-state index in [9.17, 15) is 0 Å². The van der Waals surface area contributed by atoms with Gasteiger partial charge in [-0.2, -0.15) is 0 Å². The average Bonchev–Trinajstić information content (AvgIpc) is 2.46. The highest BCUT2D eigenvalue weighted by Crippen LogP contribution is 2.26. The number of hydrogen-bond acceptors (Lipinski definition) is 4. The zero-order valence-electron chi connectivity index (χ0n) is 12.1. The van der Waals surface area contributed by atoms with Crippen molar-refractivity contribution in [2.24, 2.45) is 5.73 Å². The van der Waals surface area contributed by atoms with Crippen LogP contribution in [0.25, 0.3) is 0 Å². The van der Waals surface area contributed by atoms with Gasteiger partial charge in [-0.3, -0.25) is 10.3 Å². The fraction of sp³-hybridized carbons (Fsp3) is 0.600. The molecule has 2 saturated heterocycles. The lowest BCUT2D eigenvalue weighted by Crippen LogP contribution is -2.55. The summed E-state index contributed by atoms with van der Waals surface area (Å²) >= 11 is 0. The van der Waals surface area contributed by atoms with Gasteiger partial charge < -0.3 is 10.6 Å². The van der Waals surface area contributed by atoms with Crippen LogP contribution in [0, 0.1) is 12.3 Å². The standard InChI is InChI=1S/C15H23N5/c1-11-5-6-13(14(16)17)15(18-11)20-9-8-19-7-3-2-4-12(19)10-20/h5-6,12H,2-4,7-10H2,1H3,(H3,16,17). The van der Waals surface area contributed by atoms with E-state index >= 15 is 0 Å². The molecule has 0 saturated carbocycles. The number of anilines is 1. The maximum absolute atomic E-state index is 7.75. The van der Waals surface area contributed by atoms with Crippen molar-refractivity contribution in [2.45, 2.75) is 32.2 Å². The minimum absolute atomic E-state index is 0.110. The van der Waals surface area contributed by atoms with Crippen molar-refractivity contribution < 1.29 is 0 Å². The van der Waals surface area contributed by atoms with Crippen LogP contribution in [0.3, 0.4) is 0 Å². The van der Waals surface area contributed by atoms with Crippen molar-refractivity contribution in [3.8, 4) is 0 Å². The van der Waals surface area contributed by atoms with E-state index in [1.54, 1.807) is 0 Å². The summed E-state index contributed by atoms with van der Waals surface area (Å²) in [7, 11) is 0. The molecule has 0 radical (unpaired) electrons. The second-order valence-corrected chi connectivity index (χ2v) is 5.87. The van der Waals surface area contributed by atoms with Gasteiger partial charge in [-0.1, -0.05) is 6.42 Å². The number of aromatic nitrogens is 1. The number of piperidine rings is 1. The molecule has 2 aliphatic rings. The Morgan fingerprint density at radius 1 is 1.30 bits per heavy atom. The van der Waals surface area contributed by atoms with Crippen LogP contribution in [0.15, 0.2) is 12.1 Å². The number of fused-ring (bicyclic) bond motifs is 1. The molecule has 1 unspecified atom stereocenters. The average molecular weight is 273 g/mol. The maximum atomic E-state index is 7.75. The minimum atomic E-state index is 0.110. The van der Waals surface area contributed by atoms with Crippen LogP contribution in [0.1, 0.15) is 30.5 Å². The van der Waals surface area contributed by atoms with Gasteiger partial charge in [0.05, 0.1) is 5.56 Å². The molecule has 0 amide bonds. The minimum Gasteiger partial charge on any atom is -0.384 e. The zero-order valence-corrected chi connectivity index (χ0v) is 12.1. The summed E-state index contributed by atoms with van der Waals surface area (Å²) in [6.45, 7) is 6.31. The fourth-order valence-electron chi connectivity index (χ4n) is 3.34. The summed E-state index contributed by atoms with van der Waals surface area (Å²) in [5.41, 5.74) is 7.46. The predicted molar refractivity (Wildman–Crippen MR) is 81.4 cm³/mol. The molecule has 0 aromatic carbocycles. The molecule has 2 fully saturated rings. The summed E-state index contributed by atoms with van der Waals surface area (Å²) in [6.07, 6.45) is 3.94. The molecule has 3 N–H and O–H groups in total. The largest absolute Gasteiger partial charge is 0.384 e. The quantitative estimate of drug-likeness (QED) is 0.630. The van der Waals surface area contributed by atoms with Crippen molar-refractivity contribution in [3.05, 3.63) is 23.4 Å². The van der Waals surface area contributed by atoms with Gasteiger partial charge in [-0.25, -0.2) is 4.98 Å². The van der Waals surface area contributed by atoms with Crippen molar-refractivity contribution in [1.29, 1.82) is 5.41 Å². The maximum Gasteiger partial charge on any atom is 0.139 e. The number of nitrogen functional groups attached to an aromatic ring is 1. The Morgan fingerprint density at radius 2 is 2.15 bits per heavy atom. The first-order chi connectivity index (χ1) is 9.65. The molecule has 2 aliphatic heterocycles. The Labute approximate surface area is 120 Å². The summed E-state index contributed by atoms with van der Waals surface area (Å²) in [5.74, 6) is 1.00. The molecule has 5 nitrogen and oxygen atoms in total. The van der Waals surface area contributed by atoms with Gasteiger partial charge in [0.1, 0.15) is 11.7 Å². The van der Waals surface area contributed by atoms with Crippen LogP contribution in [0.2, 0.25) is 0 Å². The summed E-state index contributed by atoms with van der Waals surface area (Å²) < 4.78 is 0. The molecule has 3 rings (SSSR count). The smallest absolute Gasteiger partial charge is 0.139 e. The molecule has 5 heteroatoms. The van der Waals surface area contributed by atoms with Crippen LogP contribution in [0.4, 0.5) is 5.82 Å². The number of nitrogens with one attached hydrogen (secondary N) is 1. The van der Waals surface area contributed by atoms with Crippen LogP contribution >= 0.6 is 0 Å². The molecule has 0 aliphatic carbocycles.